The van der Waals surface area contributed by atoms with Gasteiger partial charge >= 0.3 is 6.18 Å². The Labute approximate surface area is 149 Å². The van der Waals surface area contributed by atoms with Crippen molar-refractivity contribution < 1.29 is 26.4 Å². The van der Waals surface area contributed by atoms with Gasteiger partial charge < -0.3 is 4.90 Å². The zero-order chi connectivity index (χ0) is 19.7. The van der Waals surface area contributed by atoms with E-state index in [0.29, 0.717) is 5.56 Å². The van der Waals surface area contributed by atoms with Crippen LogP contribution in [0.4, 0.5) is 24.5 Å². The van der Waals surface area contributed by atoms with Gasteiger partial charge in [0.25, 0.3) is 10.0 Å². The molecule has 0 aliphatic heterocycles. The first kappa shape index (κ1) is 19.8. The zero-order valence-corrected chi connectivity index (χ0v) is 15.1. The highest BCUT2D eigenvalue weighted by atomic mass is 32.2. The highest BCUT2D eigenvalue weighted by Gasteiger charge is 2.31. The fourth-order valence-corrected chi connectivity index (χ4v) is 3.32. The minimum Gasteiger partial charge on any atom is -0.376 e. The number of hydrogen-bond acceptors (Lipinski definition) is 4. The molecule has 0 aliphatic rings. The highest BCUT2D eigenvalue weighted by Crippen LogP contribution is 2.35. The minimum atomic E-state index is -4.60. The first-order valence-electron chi connectivity index (χ1n) is 7.44. The van der Waals surface area contributed by atoms with E-state index in [4.69, 9.17) is 0 Å². The lowest BCUT2D eigenvalue weighted by Gasteiger charge is -2.20. The normalized spacial score (nSPS) is 11.9. The summed E-state index contributed by atoms with van der Waals surface area (Å²) >= 11 is 0. The van der Waals surface area contributed by atoms with E-state index >= 15 is 0 Å². The van der Waals surface area contributed by atoms with Crippen molar-refractivity contribution in [3.8, 4) is 0 Å². The predicted octanol–water partition coefficient (Wildman–Crippen LogP) is 3.77. The third-order valence-corrected chi connectivity index (χ3v) is 5.00. The Morgan fingerprint density at radius 1 is 1.04 bits per heavy atom. The van der Waals surface area contributed by atoms with E-state index < -0.39 is 21.8 Å². The maximum Gasteiger partial charge on any atom is 0.416 e. The van der Waals surface area contributed by atoms with Crippen LogP contribution in [-0.4, -0.2) is 28.3 Å². The van der Waals surface area contributed by atoms with Gasteiger partial charge in [0.15, 0.2) is 5.78 Å². The molecule has 5 nitrogen and oxygen atoms in total. The molecule has 0 spiro atoms. The maximum atomic E-state index is 13.0. The average molecular weight is 386 g/mol. The molecule has 9 heteroatoms. The standard InChI is InChI=1S/C17H17F3N2O3S/c1-11(23)12-4-7-14(8-5-12)26(24,25)21-15-10-13(17(18,19)20)6-9-16(15)22(2)3/h4-10,21H,1-3H3. The summed E-state index contributed by atoms with van der Waals surface area (Å²) in [5.41, 5.74) is -0.549. The number of sulfonamides is 1. The predicted molar refractivity (Wildman–Crippen MR) is 93.0 cm³/mol. The van der Waals surface area contributed by atoms with E-state index in [1.54, 1.807) is 14.1 Å². The lowest BCUT2D eigenvalue weighted by Crippen LogP contribution is -2.18. The summed E-state index contributed by atoms with van der Waals surface area (Å²) in [5, 5.41) is 0. The molecule has 0 atom stereocenters. The Morgan fingerprint density at radius 3 is 2.08 bits per heavy atom. The van der Waals surface area contributed by atoms with E-state index in [1.807, 2.05) is 0 Å². The third kappa shape index (κ3) is 4.34. The fraction of sp³-hybridized carbons (Fsp3) is 0.235. The van der Waals surface area contributed by atoms with E-state index in [0.717, 1.165) is 12.1 Å². The second-order valence-electron chi connectivity index (χ2n) is 5.81. The second kappa shape index (κ2) is 6.99. The molecule has 0 saturated carbocycles. The molecule has 140 valence electrons. The molecule has 0 heterocycles. The van der Waals surface area contributed by atoms with Gasteiger partial charge in [-0.15, -0.1) is 0 Å². The molecule has 0 aliphatic carbocycles. The maximum absolute atomic E-state index is 13.0. The van der Waals surface area contributed by atoms with Crippen molar-refractivity contribution in [2.24, 2.45) is 0 Å². The van der Waals surface area contributed by atoms with Crippen molar-refractivity contribution in [1.82, 2.24) is 0 Å². The Morgan fingerprint density at radius 2 is 1.62 bits per heavy atom. The number of benzene rings is 2. The molecule has 26 heavy (non-hydrogen) atoms. The summed E-state index contributed by atoms with van der Waals surface area (Å²) in [5.74, 6) is -0.227. The van der Waals surface area contributed by atoms with Crippen LogP contribution in [-0.2, 0) is 16.2 Å². The zero-order valence-electron chi connectivity index (χ0n) is 14.3. The van der Waals surface area contributed by atoms with Gasteiger partial charge in [-0.05, 0) is 37.3 Å². The number of halogens is 3. The van der Waals surface area contributed by atoms with Crippen LogP contribution in [0.15, 0.2) is 47.4 Å². The summed E-state index contributed by atoms with van der Waals surface area (Å²) in [6.07, 6.45) is -4.60. The lowest BCUT2D eigenvalue weighted by atomic mass is 10.1. The van der Waals surface area contributed by atoms with Crippen molar-refractivity contribution in [3.05, 3.63) is 53.6 Å². The molecule has 0 aromatic heterocycles. The van der Waals surface area contributed by atoms with Gasteiger partial charge in [0, 0.05) is 19.7 Å². The van der Waals surface area contributed by atoms with Crippen molar-refractivity contribution >= 4 is 27.2 Å². The number of alkyl halides is 3. The SMILES string of the molecule is CC(=O)c1ccc(S(=O)(=O)Nc2cc(C(F)(F)F)ccc2N(C)C)cc1. The topological polar surface area (TPSA) is 66.5 Å². The van der Waals surface area contributed by atoms with Gasteiger partial charge in [-0.25, -0.2) is 8.42 Å². The van der Waals surface area contributed by atoms with Crippen LogP contribution in [0.2, 0.25) is 0 Å². The van der Waals surface area contributed by atoms with Crippen LogP contribution in [0.3, 0.4) is 0 Å². The average Bonchev–Trinajstić information content (AvgIpc) is 2.53. The van der Waals surface area contributed by atoms with Crippen LogP contribution >= 0.6 is 0 Å². The van der Waals surface area contributed by atoms with Gasteiger partial charge in [0.1, 0.15) is 0 Å². The highest BCUT2D eigenvalue weighted by molar-refractivity contribution is 7.92. The summed E-state index contributed by atoms with van der Waals surface area (Å²) in [6.45, 7) is 1.34. The number of Topliss-reactive ketones (excluding diaryl/α,β-unsaturated/α-hetero) is 1. The molecule has 2 aromatic carbocycles. The molecule has 0 saturated heterocycles. The van der Waals surface area contributed by atoms with Crippen molar-refractivity contribution in [3.63, 3.8) is 0 Å². The van der Waals surface area contributed by atoms with E-state index in [2.05, 4.69) is 4.72 Å². The monoisotopic (exact) mass is 386 g/mol. The van der Waals surface area contributed by atoms with E-state index in [-0.39, 0.29) is 22.1 Å². The van der Waals surface area contributed by atoms with Gasteiger partial charge in [-0.3, -0.25) is 9.52 Å². The molecule has 2 aromatic rings. The Bertz CT molecular complexity index is 921. The lowest BCUT2D eigenvalue weighted by molar-refractivity contribution is -0.137. The van der Waals surface area contributed by atoms with E-state index in [9.17, 15) is 26.4 Å². The Balaban J connectivity index is 2.46. The molecular weight excluding hydrogens is 369 g/mol. The molecule has 1 N–H and O–H groups in total. The number of rotatable bonds is 5. The number of ketones is 1. The quantitative estimate of drug-likeness (QED) is 0.795. The van der Waals surface area contributed by atoms with Crippen LogP contribution < -0.4 is 9.62 Å². The number of nitrogens with zero attached hydrogens (tertiary/aromatic N) is 1. The van der Waals surface area contributed by atoms with E-state index in [1.165, 1.54) is 42.2 Å². The number of carbonyl (C=O) groups is 1. The van der Waals surface area contributed by atoms with Crippen LogP contribution in [0, 0.1) is 0 Å². The first-order valence-corrected chi connectivity index (χ1v) is 8.92. The molecule has 0 amide bonds. The van der Waals surface area contributed by atoms with Crippen LogP contribution in [0.25, 0.3) is 0 Å². The van der Waals surface area contributed by atoms with Crippen molar-refractivity contribution in [2.45, 2.75) is 18.0 Å². The van der Waals surface area contributed by atoms with Crippen molar-refractivity contribution in [2.75, 3.05) is 23.7 Å². The Kier molecular flexibility index (Phi) is 5.31. The van der Waals surface area contributed by atoms with Gasteiger partial charge in [-0.1, -0.05) is 12.1 Å². The Hall–Kier alpha value is -2.55. The van der Waals surface area contributed by atoms with Gasteiger partial charge in [-0.2, -0.15) is 13.2 Å². The summed E-state index contributed by atoms with van der Waals surface area (Å²) in [4.78, 5) is 12.6. The van der Waals surface area contributed by atoms with Gasteiger partial charge in [0.2, 0.25) is 0 Å². The summed E-state index contributed by atoms with van der Waals surface area (Å²) in [6, 6.07) is 7.96. The van der Waals surface area contributed by atoms with Crippen LogP contribution in [0.1, 0.15) is 22.8 Å². The number of hydrogen-bond donors (Lipinski definition) is 1. The molecular formula is C17H17F3N2O3S. The fourth-order valence-electron chi connectivity index (χ4n) is 2.26. The van der Waals surface area contributed by atoms with Crippen LogP contribution in [0.5, 0.6) is 0 Å². The molecule has 0 fully saturated rings. The number of anilines is 2. The smallest absolute Gasteiger partial charge is 0.376 e. The third-order valence-electron chi connectivity index (χ3n) is 3.62. The summed E-state index contributed by atoms with van der Waals surface area (Å²) in [7, 11) is -0.959. The minimum absolute atomic E-state index is 0.162. The first-order chi connectivity index (χ1) is 11.9. The van der Waals surface area contributed by atoms with Gasteiger partial charge in [0.05, 0.1) is 21.8 Å². The molecule has 0 bridgehead atoms. The number of nitrogens with one attached hydrogen (secondary N) is 1. The largest absolute Gasteiger partial charge is 0.416 e. The molecule has 0 unspecified atom stereocenters. The molecule has 2 rings (SSSR count). The number of carbonyl (C=O) groups excluding carboxylic acids is 1. The second-order valence-corrected chi connectivity index (χ2v) is 7.49. The summed E-state index contributed by atoms with van der Waals surface area (Å²) < 4.78 is 66.1. The molecule has 0 radical (unpaired) electrons. The van der Waals surface area contributed by atoms with Crippen molar-refractivity contribution in [1.29, 1.82) is 0 Å².